The number of hydrogen-bond acceptors (Lipinski definition) is 4. The standard InChI is InChI=1S/C18H20N2O2S/c1-4-6-16(21)20(11-14-7-5-10-22-14)18-19-17-13(3)12(2)8-9-15(17)23-18/h5,7-10H,4,6,11H2,1-3H3. The summed E-state index contributed by atoms with van der Waals surface area (Å²) in [5.41, 5.74) is 3.37. The van der Waals surface area contributed by atoms with E-state index in [9.17, 15) is 4.79 Å². The molecule has 0 aliphatic rings. The van der Waals surface area contributed by atoms with Crippen LogP contribution in [-0.4, -0.2) is 10.9 Å². The molecular weight excluding hydrogens is 308 g/mol. The predicted octanol–water partition coefficient (Wildman–Crippen LogP) is 4.84. The monoisotopic (exact) mass is 328 g/mol. The van der Waals surface area contributed by atoms with E-state index in [-0.39, 0.29) is 5.91 Å². The van der Waals surface area contributed by atoms with Crippen molar-refractivity contribution in [3.05, 3.63) is 47.4 Å². The summed E-state index contributed by atoms with van der Waals surface area (Å²) in [6.45, 7) is 6.58. The van der Waals surface area contributed by atoms with Gasteiger partial charge in [0.25, 0.3) is 0 Å². The lowest BCUT2D eigenvalue weighted by Crippen LogP contribution is -2.29. The summed E-state index contributed by atoms with van der Waals surface area (Å²) < 4.78 is 6.52. The largest absolute Gasteiger partial charge is 0.467 e. The third kappa shape index (κ3) is 3.15. The number of hydrogen-bond donors (Lipinski definition) is 0. The molecule has 1 amide bonds. The van der Waals surface area contributed by atoms with Crippen molar-refractivity contribution in [3.63, 3.8) is 0 Å². The summed E-state index contributed by atoms with van der Waals surface area (Å²) in [6, 6.07) is 7.90. The molecule has 2 heterocycles. The second kappa shape index (κ2) is 6.54. The Balaban J connectivity index is 2.01. The van der Waals surface area contributed by atoms with Gasteiger partial charge in [0.15, 0.2) is 5.13 Å². The molecule has 0 bridgehead atoms. The SMILES string of the molecule is CCCC(=O)N(Cc1ccco1)c1nc2c(C)c(C)ccc2s1. The van der Waals surface area contributed by atoms with Crippen molar-refractivity contribution in [2.24, 2.45) is 0 Å². The Kier molecular flexibility index (Phi) is 4.48. The lowest BCUT2D eigenvalue weighted by atomic mass is 10.1. The number of benzene rings is 1. The van der Waals surface area contributed by atoms with Gasteiger partial charge in [-0.2, -0.15) is 0 Å². The number of thiazole rings is 1. The molecule has 23 heavy (non-hydrogen) atoms. The molecule has 0 aliphatic heterocycles. The zero-order valence-electron chi connectivity index (χ0n) is 13.6. The van der Waals surface area contributed by atoms with Crippen molar-refractivity contribution in [2.45, 2.75) is 40.2 Å². The number of nitrogens with zero attached hydrogens (tertiary/aromatic N) is 2. The van der Waals surface area contributed by atoms with E-state index >= 15 is 0 Å². The van der Waals surface area contributed by atoms with Crippen LogP contribution in [0, 0.1) is 13.8 Å². The van der Waals surface area contributed by atoms with E-state index in [1.165, 1.54) is 11.1 Å². The van der Waals surface area contributed by atoms with E-state index in [1.807, 2.05) is 19.1 Å². The van der Waals surface area contributed by atoms with Crippen LogP contribution in [0.3, 0.4) is 0 Å². The number of carbonyl (C=O) groups excluding carboxylic acids is 1. The molecule has 2 aromatic heterocycles. The van der Waals surface area contributed by atoms with Gasteiger partial charge in [-0.1, -0.05) is 24.3 Å². The van der Waals surface area contributed by atoms with Crippen LogP contribution in [0.25, 0.3) is 10.2 Å². The zero-order chi connectivity index (χ0) is 16.4. The highest BCUT2D eigenvalue weighted by Gasteiger charge is 2.21. The third-order valence-electron chi connectivity index (χ3n) is 3.96. The topological polar surface area (TPSA) is 46.3 Å². The summed E-state index contributed by atoms with van der Waals surface area (Å²) in [7, 11) is 0. The molecule has 3 aromatic rings. The number of rotatable bonds is 5. The summed E-state index contributed by atoms with van der Waals surface area (Å²) in [5, 5.41) is 0.739. The molecule has 0 N–H and O–H groups in total. The number of furan rings is 1. The average molecular weight is 328 g/mol. The van der Waals surface area contributed by atoms with Crippen LogP contribution in [0.4, 0.5) is 5.13 Å². The molecule has 0 radical (unpaired) electrons. The Labute approximate surface area is 139 Å². The van der Waals surface area contributed by atoms with E-state index in [4.69, 9.17) is 9.40 Å². The minimum absolute atomic E-state index is 0.0809. The first-order valence-electron chi connectivity index (χ1n) is 7.79. The van der Waals surface area contributed by atoms with Gasteiger partial charge in [0, 0.05) is 6.42 Å². The fourth-order valence-electron chi connectivity index (χ4n) is 2.50. The van der Waals surface area contributed by atoms with Crippen LogP contribution in [0.1, 0.15) is 36.7 Å². The highest BCUT2D eigenvalue weighted by Crippen LogP contribution is 2.33. The first-order valence-corrected chi connectivity index (χ1v) is 8.61. The second-order valence-electron chi connectivity index (χ2n) is 5.66. The van der Waals surface area contributed by atoms with Crippen molar-refractivity contribution in [3.8, 4) is 0 Å². The quantitative estimate of drug-likeness (QED) is 0.673. The summed E-state index contributed by atoms with van der Waals surface area (Å²) in [5.74, 6) is 0.846. The molecular formula is C18H20N2O2S. The predicted molar refractivity (Wildman–Crippen MR) is 93.9 cm³/mol. The first kappa shape index (κ1) is 15.7. The van der Waals surface area contributed by atoms with Gasteiger partial charge in [-0.05, 0) is 49.6 Å². The molecule has 0 fully saturated rings. The highest BCUT2D eigenvalue weighted by molar-refractivity contribution is 7.22. The van der Waals surface area contributed by atoms with E-state index in [0.717, 1.165) is 27.5 Å². The molecule has 0 saturated carbocycles. The Morgan fingerprint density at radius 1 is 1.30 bits per heavy atom. The van der Waals surface area contributed by atoms with Gasteiger partial charge in [0.05, 0.1) is 23.0 Å². The fourth-order valence-corrected chi connectivity index (χ4v) is 3.54. The van der Waals surface area contributed by atoms with E-state index < -0.39 is 0 Å². The first-order chi connectivity index (χ1) is 11.1. The molecule has 5 heteroatoms. The van der Waals surface area contributed by atoms with Gasteiger partial charge in [-0.3, -0.25) is 9.69 Å². The van der Waals surface area contributed by atoms with Crippen molar-refractivity contribution < 1.29 is 9.21 Å². The van der Waals surface area contributed by atoms with Crippen LogP contribution in [0.5, 0.6) is 0 Å². The molecule has 1 aromatic carbocycles. The van der Waals surface area contributed by atoms with Crippen LogP contribution in [-0.2, 0) is 11.3 Å². The smallest absolute Gasteiger partial charge is 0.229 e. The van der Waals surface area contributed by atoms with Crippen molar-refractivity contribution in [2.75, 3.05) is 4.90 Å². The van der Waals surface area contributed by atoms with Crippen LogP contribution in [0.15, 0.2) is 34.9 Å². The maximum atomic E-state index is 12.5. The summed E-state index contributed by atoms with van der Waals surface area (Å²) in [4.78, 5) is 19.0. The summed E-state index contributed by atoms with van der Waals surface area (Å²) in [6.07, 6.45) is 2.95. The fraction of sp³-hybridized carbons (Fsp3) is 0.333. The van der Waals surface area contributed by atoms with Crippen LogP contribution < -0.4 is 4.90 Å². The number of fused-ring (bicyclic) bond motifs is 1. The number of aromatic nitrogens is 1. The normalized spacial score (nSPS) is 11.1. The zero-order valence-corrected chi connectivity index (χ0v) is 14.4. The van der Waals surface area contributed by atoms with Crippen molar-refractivity contribution >= 4 is 32.6 Å². The van der Waals surface area contributed by atoms with Gasteiger partial charge < -0.3 is 4.42 Å². The minimum Gasteiger partial charge on any atom is -0.467 e. The number of amides is 1. The second-order valence-corrected chi connectivity index (χ2v) is 6.67. The number of aryl methyl sites for hydroxylation is 2. The molecule has 4 nitrogen and oxygen atoms in total. The minimum atomic E-state index is 0.0809. The Morgan fingerprint density at radius 2 is 2.13 bits per heavy atom. The van der Waals surface area contributed by atoms with Gasteiger partial charge in [0.1, 0.15) is 5.76 Å². The van der Waals surface area contributed by atoms with E-state index in [1.54, 1.807) is 22.5 Å². The van der Waals surface area contributed by atoms with Gasteiger partial charge in [0.2, 0.25) is 5.91 Å². The number of carbonyl (C=O) groups is 1. The van der Waals surface area contributed by atoms with Crippen LogP contribution in [0.2, 0.25) is 0 Å². The molecule has 0 saturated heterocycles. The highest BCUT2D eigenvalue weighted by atomic mass is 32.1. The average Bonchev–Trinajstić information content (AvgIpc) is 3.18. The van der Waals surface area contributed by atoms with Gasteiger partial charge >= 0.3 is 0 Å². The van der Waals surface area contributed by atoms with Gasteiger partial charge in [-0.15, -0.1) is 0 Å². The Morgan fingerprint density at radius 3 is 2.83 bits per heavy atom. The van der Waals surface area contributed by atoms with E-state index in [2.05, 4.69) is 26.0 Å². The van der Waals surface area contributed by atoms with Gasteiger partial charge in [-0.25, -0.2) is 4.98 Å². The molecule has 0 unspecified atom stereocenters. The molecule has 0 atom stereocenters. The molecule has 0 aliphatic carbocycles. The van der Waals surface area contributed by atoms with E-state index in [0.29, 0.717) is 13.0 Å². The number of anilines is 1. The lowest BCUT2D eigenvalue weighted by Gasteiger charge is -2.18. The molecule has 0 spiro atoms. The molecule has 120 valence electrons. The maximum absolute atomic E-state index is 12.5. The summed E-state index contributed by atoms with van der Waals surface area (Å²) >= 11 is 1.56. The van der Waals surface area contributed by atoms with Crippen molar-refractivity contribution in [1.82, 2.24) is 4.98 Å². The Bertz CT molecular complexity index is 821. The third-order valence-corrected chi connectivity index (χ3v) is 5.01. The van der Waals surface area contributed by atoms with Crippen molar-refractivity contribution in [1.29, 1.82) is 0 Å². The lowest BCUT2D eigenvalue weighted by molar-refractivity contribution is -0.118. The Hall–Kier alpha value is -2.14. The maximum Gasteiger partial charge on any atom is 0.229 e. The van der Waals surface area contributed by atoms with Crippen LogP contribution >= 0.6 is 11.3 Å². The molecule has 3 rings (SSSR count).